The highest BCUT2D eigenvalue weighted by Gasteiger charge is 2.36. The van der Waals surface area contributed by atoms with Gasteiger partial charge in [0.2, 0.25) is 6.71 Å². The van der Waals surface area contributed by atoms with Crippen LogP contribution < -0.4 is 16.4 Å². The van der Waals surface area contributed by atoms with Crippen LogP contribution >= 0.6 is 12.6 Å². The maximum Gasteiger partial charge on any atom is 0.247 e. The Kier molecular flexibility index (Phi) is 10.1. The molecule has 1 aliphatic rings. The molecule has 0 fully saturated rings. The van der Waals surface area contributed by atoms with Gasteiger partial charge < -0.3 is 4.57 Å². The summed E-state index contributed by atoms with van der Waals surface area (Å²) in [6, 6.07) is 38.0. The van der Waals surface area contributed by atoms with Crippen LogP contribution in [0, 0.1) is 76.2 Å². The van der Waals surface area contributed by atoms with Crippen molar-refractivity contribution in [2.75, 3.05) is 0 Å². The molecule has 0 bridgehead atoms. The molecule has 2 heterocycles. The second-order valence-electron chi connectivity index (χ2n) is 17.0. The number of aryl methyl sites for hydroxylation is 11. The molecule has 1 nitrogen and oxygen atoms in total. The van der Waals surface area contributed by atoms with E-state index in [1.165, 1.54) is 138 Å². The molecule has 0 amide bonds. The van der Waals surface area contributed by atoms with Gasteiger partial charge in [-0.3, -0.25) is 0 Å². The SMILES string of the molecule is CC.Cc1cc(C)c(B2c3cc(-c4c(C)cc(S)cc4C)ccc3-n3c4ccc(-c5c(C)cc(C)cc5C)cc4c4cc(-c5c(C)cc(C)cc5C)cc2c43)c(C)c1. The van der Waals surface area contributed by atoms with Crippen molar-refractivity contribution < 1.29 is 0 Å². The van der Waals surface area contributed by atoms with Gasteiger partial charge in [-0.05, 0) is 190 Å². The first-order valence-corrected chi connectivity index (χ1v) is 21.5. The number of thiol groups is 1. The second kappa shape index (κ2) is 14.8. The average molecular weight is 774 g/mol. The predicted octanol–water partition coefficient (Wildman–Crippen LogP) is 13.3. The van der Waals surface area contributed by atoms with E-state index in [0.717, 1.165) is 4.90 Å². The van der Waals surface area contributed by atoms with Gasteiger partial charge >= 0.3 is 0 Å². The Hall–Kier alpha value is -5.25. The second-order valence-corrected chi connectivity index (χ2v) is 17.6. The van der Waals surface area contributed by atoms with Crippen molar-refractivity contribution in [3.63, 3.8) is 0 Å². The predicted molar refractivity (Wildman–Crippen MR) is 259 cm³/mol. The van der Waals surface area contributed by atoms with Crippen molar-refractivity contribution in [3.05, 3.63) is 158 Å². The van der Waals surface area contributed by atoms with Gasteiger partial charge in [0.1, 0.15) is 0 Å². The largest absolute Gasteiger partial charge is 0.310 e. The molecule has 0 saturated heterocycles. The molecule has 0 N–H and O–H groups in total. The summed E-state index contributed by atoms with van der Waals surface area (Å²) in [6.07, 6.45) is 0. The third-order valence-electron chi connectivity index (χ3n) is 12.5. The lowest BCUT2D eigenvalue weighted by Crippen LogP contribution is -2.57. The molecule has 8 aromatic rings. The Balaban J connectivity index is 0.00000231. The molecule has 0 spiro atoms. The summed E-state index contributed by atoms with van der Waals surface area (Å²) < 4.78 is 2.59. The van der Waals surface area contributed by atoms with Crippen LogP contribution in [-0.2, 0) is 0 Å². The number of rotatable bonds is 4. The van der Waals surface area contributed by atoms with Crippen LogP contribution in [0.15, 0.2) is 102 Å². The number of benzene rings is 7. The van der Waals surface area contributed by atoms with E-state index in [1.807, 2.05) is 13.8 Å². The number of fused-ring (bicyclic) bond motifs is 5. The monoisotopic (exact) mass is 773 g/mol. The average Bonchev–Trinajstić information content (AvgIpc) is 3.46. The van der Waals surface area contributed by atoms with E-state index >= 15 is 0 Å². The van der Waals surface area contributed by atoms with Gasteiger partial charge in [-0.2, -0.15) is 0 Å². The smallest absolute Gasteiger partial charge is 0.247 e. The zero-order valence-electron chi connectivity index (χ0n) is 36.7. The molecule has 290 valence electrons. The van der Waals surface area contributed by atoms with Crippen LogP contribution in [0.1, 0.15) is 75.0 Å². The van der Waals surface area contributed by atoms with E-state index in [1.54, 1.807) is 0 Å². The molecule has 0 saturated carbocycles. The summed E-state index contributed by atoms with van der Waals surface area (Å²) in [7, 11) is 0. The summed E-state index contributed by atoms with van der Waals surface area (Å²) in [5.74, 6) is 0. The van der Waals surface area contributed by atoms with Crippen molar-refractivity contribution in [3.8, 4) is 39.1 Å². The zero-order valence-corrected chi connectivity index (χ0v) is 37.6. The van der Waals surface area contributed by atoms with E-state index in [4.69, 9.17) is 12.6 Å². The third-order valence-corrected chi connectivity index (χ3v) is 12.8. The molecule has 1 aliphatic heterocycles. The summed E-state index contributed by atoms with van der Waals surface area (Å²) in [5, 5.41) is 2.61. The highest BCUT2D eigenvalue weighted by atomic mass is 32.1. The Morgan fingerprint density at radius 2 is 0.828 bits per heavy atom. The molecule has 9 rings (SSSR count). The topological polar surface area (TPSA) is 4.93 Å². The van der Waals surface area contributed by atoms with E-state index in [-0.39, 0.29) is 6.71 Å². The van der Waals surface area contributed by atoms with Crippen LogP contribution in [0.2, 0.25) is 0 Å². The molecular weight excluding hydrogens is 717 g/mol. The van der Waals surface area contributed by atoms with Crippen molar-refractivity contribution in [2.45, 2.75) is 94.9 Å². The van der Waals surface area contributed by atoms with Crippen LogP contribution in [0.5, 0.6) is 0 Å². The fourth-order valence-electron chi connectivity index (χ4n) is 10.9. The van der Waals surface area contributed by atoms with Crippen LogP contribution in [0.3, 0.4) is 0 Å². The Morgan fingerprint density at radius 1 is 0.414 bits per heavy atom. The van der Waals surface area contributed by atoms with Gasteiger partial charge in [-0.1, -0.05) is 108 Å². The molecular formula is C55H56BNS. The maximum atomic E-state index is 4.74. The van der Waals surface area contributed by atoms with Crippen molar-refractivity contribution >= 4 is 57.5 Å². The number of hydrogen-bond acceptors (Lipinski definition) is 1. The first kappa shape index (κ1) is 39.6. The minimum atomic E-state index is 0.0432. The highest BCUT2D eigenvalue weighted by molar-refractivity contribution is 7.80. The van der Waals surface area contributed by atoms with Gasteiger partial charge in [0.15, 0.2) is 0 Å². The Bertz CT molecular complexity index is 2900. The fourth-order valence-corrected chi connectivity index (χ4v) is 11.3. The molecule has 0 radical (unpaired) electrons. The lowest BCUT2D eigenvalue weighted by molar-refractivity contribution is 1.19. The maximum absolute atomic E-state index is 4.74. The molecule has 0 atom stereocenters. The summed E-state index contributed by atoms with van der Waals surface area (Å²) in [4.78, 5) is 1.00. The van der Waals surface area contributed by atoms with Crippen LogP contribution in [-0.4, -0.2) is 11.3 Å². The van der Waals surface area contributed by atoms with Crippen molar-refractivity contribution in [1.29, 1.82) is 0 Å². The summed E-state index contributed by atoms with van der Waals surface area (Å²) >= 11 is 4.74. The Morgan fingerprint density at radius 3 is 1.36 bits per heavy atom. The van der Waals surface area contributed by atoms with Gasteiger partial charge in [0.05, 0.1) is 5.52 Å². The quantitative estimate of drug-likeness (QED) is 0.134. The molecule has 3 heteroatoms. The third kappa shape index (κ3) is 6.34. The highest BCUT2D eigenvalue weighted by Crippen LogP contribution is 2.41. The van der Waals surface area contributed by atoms with Gasteiger partial charge in [0.25, 0.3) is 0 Å². The fraction of sp³-hybridized carbons (Fsp3) is 0.236. The van der Waals surface area contributed by atoms with Crippen LogP contribution in [0.4, 0.5) is 0 Å². The number of aromatic nitrogens is 1. The Labute approximate surface area is 352 Å². The summed E-state index contributed by atoms with van der Waals surface area (Å²) in [5.41, 5.74) is 30.1. The van der Waals surface area contributed by atoms with E-state index in [9.17, 15) is 0 Å². The normalized spacial score (nSPS) is 11.9. The van der Waals surface area contributed by atoms with E-state index < -0.39 is 0 Å². The number of hydrogen-bond donors (Lipinski definition) is 1. The lowest BCUT2D eigenvalue weighted by Gasteiger charge is -2.30. The molecule has 0 unspecified atom stereocenters. The first-order valence-electron chi connectivity index (χ1n) is 21.0. The minimum absolute atomic E-state index is 0.0432. The minimum Gasteiger partial charge on any atom is -0.310 e. The van der Waals surface area contributed by atoms with Crippen LogP contribution in [0.25, 0.3) is 60.9 Å². The van der Waals surface area contributed by atoms with E-state index in [0.29, 0.717) is 0 Å². The molecule has 0 aliphatic carbocycles. The molecule has 7 aromatic carbocycles. The standard InChI is InChI=1S/C53H50BNS.C2H6/c1-28-16-31(4)49(32(5)17-28)39-12-14-47-43(24-39)44-25-41(51-33(6)18-29(2)19-34(51)7)27-46-53(44)55(47)48-15-13-40(50-35(8)22-42(56)23-36(50)9)26-45(48)54(46)52-37(10)20-30(3)21-38(52)11;1-2/h12-27,56H,1-11H3;1-2H3. The molecule has 1 aromatic heterocycles. The first-order chi connectivity index (χ1) is 27.7. The summed E-state index contributed by atoms with van der Waals surface area (Å²) in [6.45, 7) is 28.8. The van der Waals surface area contributed by atoms with Crippen molar-refractivity contribution in [1.82, 2.24) is 4.57 Å². The van der Waals surface area contributed by atoms with Gasteiger partial charge in [-0.15, -0.1) is 12.6 Å². The molecule has 58 heavy (non-hydrogen) atoms. The van der Waals surface area contributed by atoms with Gasteiger partial charge in [0, 0.05) is 26.9 Å². The lowest BCUT2D eigenvalue weighted by atomic mass is 9.34. The zero-order chi connectivity index (χ0) is 41.5. The van der Waals surface area contributed by atoms with Crippen molar-refractivity contribution in [2.24, 2.45) is 0 Å². The van der Waals surface area contributed by atoms with E-state index in [2.05, 4.69) is 178 Å². The van der Waals surface area contributed by atoms with Gasteiger partial charge in [-0.25, -0.2) is 0 Å². The number of nitrogens with zero attached hydrogens (tertiary/aromatic N) is 1.